The molecule has 188 valence electrons. The summed E-state index contributed by atoms with van der Waals surface area (Å²) < 4.78 is 63.7. The Morgan fingerprint density at radius 1 is 0.778 bits per heavy atom. The molecule has 3 aromatic carbocycles. The predicted octanol–water partition coefficient (Wildman–Crippen LogP) is 7.81. The van der Waals surface area contributed by atoms with E-state index in [0.29, 0.717) is 23.3 Å². The van der Waals surface area contributed by atoms with E-state index in [9.17, 15) is 22.7 Å². The molecule has 0 aromatic heterocycles. The van der Waals surface area contributed by atoms with Gasteiger partial charge in [0.25, 0.3) is 0 Å². The molecule has 3 aromatic rings. The topological polar surface area (TPSA) is 32.8 Å². The minimum absolute atomic E-state index is 0.0452. The van der Waals surface area contributed by atoms with Crippen LogP contribution in [0.25, 0.3) is 23.3 Å². The molecule has 0 radical (unpaired) electrons. The number of rotatable bonds is 6. The predicted molar refractivity (Wildman–Crippen MR) is 132 cm³/mol. The van der Waals surface area contributed by atoms with Crippen molar-refractivity contribution in [1.29, 1.82) is 0 Å². The molecule has 1 aliphatic heterocycles. The van der Waals surface area contributed by atoms with E-state index >= 15 is 0 Å². The molecule has 0 amide bonds. The van der Waals surface area contributed by atoms with Gasteiger partial charge < -0.3 is 9.84 Å². The van der Waals surface area contributed by atoms with E-state index in [1.807, 2.05) is 0 Å². The summed E-state index contributed by atoms with van der Waals surface area (Å²) in [5, 5.41) is 9.77. The number of aliphatic hydroxyl groups is 1. The van der Waals surface area contributed by atoms with Crippen molar-refractivity contribution in [2.24, 2.45) is 5.92 Å². The lowest BCUT2D eigenvalue weighted by atomic mass is 9.76. The third-order valence-electron chi connectivity index (χ3n) is 7.51. The fraction of sp³-hybridized carbons (Fsp3) is 0.333. The van der Waals surface area contributed by atoms with Gasteiger partial charge in [-0.15, -0.1) is 0 Å². The third kappa shape index (κ3) is 4.97. The first-order valence-electron chi connectivity index (χ1n) is 12.4. The van der Waals surface area contributed by atoms with Gasteiger partial charge in [0.1, 0.15) is 6.10 Å². The molecule has 36 heavy (non-hydrogen) atoms. The van der Waals surface area contributed by atoms with Crippen LogP contribution in [0.1, 0.15) is 66.9 Å². The summed E-state index contributed by atoms with van der Waals surface area (Å²) in [4.78, 5) is 0. The second-order valence-electron chi connectivity index (χ2n) is 9.83. The maximum absolute atomic E-state index is 14.9. The van der Waals surface area contributed by atoms with Gasteiger partial charge in [0.05, 0.1) is 12.7 Å². The minimum Gasteiger partial charge on any atom is -0.393 e. The standard InChI is InChI=1S/C30H28F4O2/c1-17(35)19-8-10-21(11-9-19)23-13-12-22(27(31)28(23)32)7-4-18-2-5-20(6-3-18)24-14-15-25(26-16-36-26)30(34)29(24)33/h2-7,12-15,17,19,21,26,35H,8-11,16H2,1H3/b7-4+. The number of benzene rings is 3. The highest BCUT2D eigenvalue weighted by atomic mass is 19.2. The lowest BCUT2D eigenvalue weighted by Crippen LogP contribution is -2.23. The molecule has 1 saturated heterocycles. The summed E-state index contributed by atoms with van der Waals surface area (Å²) in [6.45, 7) is 2.18. The van der Waals surface area contributed by atoms with Gasteiger partial charge in [-0.2, -0.15) is 0 Å². The minimum atomic E-state index is -0.914. The maximum atomic E-state index is 14.9. The van der Waals surface area contributed by atoms with Gasteiger partial charge in [-0.25, -0.2) is 17.6 Å². The Morgan fingerprint density at radius 3 is 2.06 bits per heavy atom. The second-order valence-corrected chi connectivity index (χ2v) is 9.83. The molecule has 1 saturated carbocycles. The Hall–Kier alpha value is -2.96. The molecule has 2 unspecified atom stereocenters. The first kappa shape index (κ1) is 24.7. The Kier molecular flexibility index (Phi) is 7.00. The zero-order chi connectivity index (χ0) is 25.4. The van der Waals surface area contributed by atoms with E-state index in [1.54, 1.807) is 55.5 Å². The van der Waals surface area contributed by atoms with Crippen molar-refractivity contribution in [3.63, 3.8) is 0 Å². The van der Waals surface area contributed by atoms with Crippen molar-refractivity contribution in [2.45, 2.75) is 50.7 Å². The van der Waals surface area contributed by atoms with Crippen LogP contribution in [0.3, 0.4) is 0 Å². The quantitative estimate of drug-likeness (QED) is 0.215. The Bertz CT molecular complexity index is 1270. The van der Waals surface area contributed by atoms with Crippen molar-refractivity contribution in [3.8, 4) is 11.1 Å². The van der Waals surface area contributed by atoms with Crippen LogP contribution >= 0.6 is 0 Å². The molecule has 1 N–H and O–H groups in total. The highest BCUT2D eigenvalue weighted by molar-refractivity contribution is 5.73. The van der Waals surface area contributed by atoms with Gasteiger partial charge in [0.15, 0.2) is 23.3 Å². The highest BCUT2D eigenvalue weighted by Gasteiger charge is 2.30. The van der Waals surface area contributed by atoms with Crippen molar-refractivity contribution >= 4 is 12.2 Å². The number of halogens is 4. The van der Waals surface area contributed by atoms with Crippen LogP contribution in [0, 0.1) is 29.2 Å². The number of epoxide rings is 1. The van der Waals surface area contributed by atoms with Gasteiger partial charge in [0, 0.05) is 16.7 Å². The number of ether oxygens (including phenoxy) is 1. The monoisotopic (exact) mass is 496 g/mol. The molecule has 5 rings (SSSR count). The molecule has 6 heteroatoms. The molecular formula is C30H28F4O2. The average molecular weight is 497 g/mol. The Morgan fingerprint density at radius 2 is 1.42 bits per heavy atom. The zero-order valence-electron chi connectivity index (χ0n) is 20.0. The zero-order valence-corrected chi connectivity index (χ0v) is 20.0. The second kappa shape index (κ2) is 10.2. The molecule has 2 aliphatic rings. The molecule has 0 spiro atoms. The first-order valence-corrected chi connectivity index (χ1v) is 12.4. The third-order valence-corrected chi connectivity index (χ3v) is 7.51. The highest BCUT2D eigenvalue weighted by Crippen LogP contribution is 2.39. The van der Waals surface area contributed by atoms with E-state index in [4.69, 9.17) is 4.74 Å². The van der Waals surface area contributed by atoms with Gasteiger partial charge in [0.2, 0.25) is 0 Å². The average Bonchev–Trinajstić information content (AvgIpc) is 3.72. The van der Waals surface area contributed by atoms with Crippen LogP contribution in [-0.2, 0) is 4.74 Å². The van der Waals surface area contributed by atoms with Crippen LogP contribution in [0.15, 0.2) is 48.5 Å². The van der Waals surface area contributed by atoms with E-state index < -0.39 is 23.3 Å². The van der Waals surface area contributed by atoms with Crippen LogP contribution in [0.2, 0.25) is 0 Å². The largest absolute Gasteiger partial charge is 0.393 e. The summed E-state index contributed by atoms with van der Waals surface area (Å²) in [7, 11) is 0. The Labute approximate surface area is 208 Å². The summed E-state index contributed by atoms with van der Waals surface area (Å²) in [6.07, 6.45) is 5.48. The van der Waals surface area contributed by atoms with Crippen molar-refractivity contribution in [1.82, 2.24) is 0 Å². The van der Waals surface area contributed by atoms with Gasteiger partial charge in [-0.3, -0.25) is 0 Å². The normalized spacial score (nSPS) is 22.7. The van der Waals surface area contributed by atoms with Gasteiger partial charge >= 0.3 is 0 Å². The molecule has 2 fully saturated rings. The van der Waals surface area contributed by atoms with Crippen molar-refractivity contribution in [2.75, 3.05) is 6.61 Å². The number of aliphatic hydroxyl groups excluding tert-OH is 1. The van der Waals surface area contributed by atoms with Crippen molar-refractivity contribution in [3.05, 3.63) is 94.1 Å². The fourth-order valence-corrected chi connectivity index (χ4v) is 5.16. The van der Waals surface area contributed by atoms with Crippen LogP contribution in [-0.4, -0.2) is 17.8 Å². The molecule has 1 aliphatic carbocycles. The van der Waals surface area contributed by atoms with E-state index in [0.717, 1.165) is 25.7 Å². The van der Waals surface area contributed by atoms with E-state index in [1.165, 1.54) is 12.1 Å². The van der Waals surface area contributed by atoms with Gasteiger partial charge in [-0.1, -0.05) is 60.7 Å². The summed E-state index contributed by atoms with van der Waals surface area (Å²) >= 11 is 0. The molecule has 0 bridgehead atoms. The van der Waals surface area contributed by atoms with Crippen LogP contribution in [0.5, 0.6) is 0 Å². The first-order chi connectivity index (χ1) is 17.3. The Balaban J connectivity index is 1.29. The lowest BCUT2D eigenvalue weighted by molar-refractivity contribution is 0.0963. The summed E-state index contributed by atoms with van der Waals surface area (Å²) in [5.41, 5.74) is 2.14. The SMILES string of the molecule is CC(O)C1CCC(c2ccc(/C=C/c3ccc(-c4ccc(C5CO5)c(F)c4F)cc3)c(F)c2F)CC1. The van der Waals surface area contributed by atoms with E-state index in [2.05, 4.69) is 0 Å². The number of hydrogen-bond acceptors (Lipinski definition) is 2. The van der Waals surface area contributed by atoms with Crippen LogP contribution in [0.4, 0.5) is 17.6 Å². The summed E-state index contributed by atoms with van der Waals surface area (Å²) in [6, 6.07) is 13.1. The smallest absolute Gasteiger partial charge is 0.167 e. The molecule has 2 nitrogen and oxygen atoms in total. The maximum Gasteiger partial charge on any atom is 0.167 e. The molecule has 1 heterocycles. The summed E-state index contributed by atoms with van der Waals surface area (Å²) in [5.74, 6) is -3.33. The fourth-order valence-electron chi connectivity index (χ4n) is 5.16. The van der Waals surface area contributed by atoms with Gasteiger partial charge in [-0.05, 0) is 61.1 Å². The van der Waals surface area contributed by atoms with Crippen molar-refractivity contribution < 1.29 is 27.4 Å². The number of hydrogen-bond donors (Lipinski definition) is 1. The molecule has 2 atom stereocenters. The lowest BCUT2D eigenvalue weighted by Gasteiger charge is -2.30. The molecular weight excluding hydrogens is 468 g/mol. The van der Waals surface area contributed by atoms with Crippen LogP contribution < -0.4 is 0 Å². The van der Waals surface area contributed by atoms with E-state index in [-0.39, 0.29) is 40.7 Å².